The largest absolute Gasteiger partial charge is 0.466 e. The third-order valence-corrected chi connectivity index (χ3v) is 4.92. The maximum atomic E-state index is 12.4. The van der Waals surface area contributed by atoms with Gasteiger partial charge in [-0.1, -0.05) is 37.3 Å². The molecular formula is C21H28N4O6. The van der Waals surface area contributed by atoms with Crippen LogP contribution in [0.25, 0.3) is 0 Å². The molecule has 0 aromatic heterocycles. The summed E-state index contributed by atoms with van der Waals surface area (Å²) in [6.45, 7) is 3.43. The van der Waals surface area contributed by atoms with Gasteiger partial charge >= 0.3 is 5.97 Å². The van der Waals surface area contributed by atoms with E-state index in [1.54, 1.807) is 13.8 Å². The zero-order chi connectivity index (χ0) is 23.0. The van der Waals surface area contributed by atoms with E-state index in [0.717, 1.165) is 5.56 Å². The first-order valence-electron chi connectivity index (χ1n) is 10.1. The topological polar surface area (TPSA) is 157 Å². The van der Waals surface area contributed by atoms with E-state index in [1.807, 2.05) is 30.3 Å². The second-order valence-corrected chi connectivity index (χ2v) is 7.45. The van der Waals surface area contributed by atoms with Crippen molar-refractivity contribution < 1.29 is 28.7 Å². The van der Waals surface area contributed by atoms with E-state index >= 15 is 0 Å². The fraction of sp³-hybridized carbons (Fsp3) is 0.476. The molecule has 1 fully saturated rings. The zero-order valence-corrected chi connectivity index (χ0v) is 17.6. The second-order valence-electron chi connectivity index (χ2n) is 7.45. The summed E-state index contributed by atoms with van der Waals surface area (Å²) in [6, 6.07) is 6.29. The first-order valence-corrected chi connectivity index (χ1v) is 10.1. The normalized spacial score (nSPS) is 20.1. The Morgan fingerprint density at radius 1 is 1.10 bits per heavy atom. The minimum absolute atomic E-state index is 0.108. The highest BCUT2D eigenvalue weighted by molar-refractivity contribution is 5.99. The molecule has 1 saturated heterocycles. The summed E-state index contributed by atoms with van der Waals surface area (Å²) in [5.74, 6) is -3.48. The van der Waals surface area contributed by atoms with Gasteiger partial charge in [-0.3, -0.25) is 24.0 Å². The molecule has 10 heteroatoms. The number of rotatable bonds is 10. The Morgan fingerprint density at radius 2 is 1.71 bits per heavy atom. The number of carbonyl (C=O) groups excluding carboxylic acids is 5. The molecule has 1 heterocycles. The summed E-state index contributed by atoms with van der Waals surface area (Å²) >= 11 is 0. The quantitative estimate of drug-likeness (QED) is 0.353. The molecule has 0 spiro atoms. The van der Waals surface area contributed by atoms with Gasteiger partial charge in [-0.25, -0.2) is 0 Å². The Kier molecular flexibility index (Phi) is 8.53. The van der Waals surface area contributed by atoms with Gasteiger partial charge in [-0.15, -0.1) is 0 Å². The Balaban J connectivity index is 1.92. The van der Waals surface area contributed by atoms with Crippen molar-refractivity contribution in [2.24, 2.45) is 11.7 Å². The molecular weight excluding hydrogens is 404 g/mol. The molecule has 0 bridgehead atoms. The average molecular weight is 432 g/mol. The van der Waals surface area contributed by atoms with Crippen molar-refractivity contribution in [1.29, 1.82) is 0 Å². The Bertz CT molecular complexity index is 828. The van der Waals surface area contributed by atoms with E-state index in [9.17, 15) is 24.0 Å². The molecule has 31 heavy (non-hydrogen) atoms. The lowest BCUT2D eigenvalue weighted by molar-refractivity contribution is -0.145. The van der Waals surface area contributed by atoms with Gasteiger partial charge in [0.15, 0.2) is 0 Å². The number of hydrogen-bond acceptors (Lipinski definition) is 6. The van der Waals surface area contributed by atoms with Crippen molar-refractivity contribution in [1.82, 2.24) is 16.0 Å². The fourth-order valence-electron chi connectivity index (χ4n) is 3.33. The number of hydrogen-bond donors (Lipinski definition) is 4. The van der Waals surface area contributed by atoms with Crippen molar-refractivity contribution in [3.63, 3.8) is 0 Å². The van der Waals surface area contributed by atoms with E-state index in [1.165, 1.54) is 0 Å². The number of ether oxygens (including phenoxy) is 1. The van der Waals surface area contributed by atoms with Crippen molar-refractivity contribution >= 4 is 29.6 Å². The van der Waals surface area contributed by atoms with Gasteiger partial charge in [0.25, 0.3) is 0 Å². The van der Waals surface area contributed by atoms with E-state index in [2.05, 4.69) is 16.0 Å². The fourth-order valence-corrected chi connectivity index (χ4v) is 3.33. The molecule has 4 amide bonds. The van der Waals surface area contributed by atoms with Crippen LogP contribution in [0.1, 0.15) is 32.3 Å². The summed E-state index contributed by atoms with van der Waals surface area (Å²) in [5.41, 5.74) is 6.24. The maximum Gasteiger partial charge on any atom is 0.306 e. The SMILES string of the molecule is CCOC(=O)C[C@H](C)[C@@H](NC(=O)C[C@@H]1NC(=O)[C@H](Cc2ccccc2)NC1=O)C(N)=O. The number of amides is 4. The Labute approximate surface area is 180 Å². The number of nitrogens with one attached hydrogen (secondary N) is 3. The highest BCUT2D eigenvalue weighted by atomic mass is 16.5. The molecule has 0 saturated carbocycles. The van der Waals surface area contributed by atoms with E-state index < -0.39 is 53.6 Å². The highest BCUT2D eigenvalue weighted by Gasteiger charge is 2.36. The molecule has 10 nitrogen and oxygen atoms in total. The summed E-state index contributed by atoms with van der Waals surface area (Å²) in [4.78, 5) is 60.5. The predicted molar refractivity (Wildman–Crippen MR) is 110 cm³/mol. The van der Waals surface area contributed by atoms with Crippen molar-refractivity contribution in [3.05, 3.63) is 35.9 Å². The number of nitrogens with two attached hydrogens (primary N) is 1. The molecule has 0 aliphatic carbocycles. The number of esters is 1. The van der Waals surface area contributed by atoms with E-state index in [4.69, 9.17) is 10.5 Å². The van der Waals surface area contributed by atoms with E-state index in [-0.39, 0.29) is 19.4 Å². The zero-order valence-electron chi connectivity index (χ0n) is 17.6. The van der Waals surface area contributed by atoms with Gasteiger partial charge in [-0.05, 0) is 18.4 Å². The first-order chi connectivity index (χ1) is 14.7. The minimum Gasteiger partial charge on any atom is -0.466 e. The minimum atomic E-state index is -1.12. The van der Waals surface area contributed by atoms with Crippen LogP contribution < -0.4 is 21.7 Å². The van der Waals surface area contributed by atoms with Crippen LogP contribution in [-0.2, 0) is 35.1 Å². The molecule has 1 aliphatic heterocycles. The van der Waals surface area contributed by atoms with Crippen LogP contribution in [0.3, 0.4) is 0 Å². The van der Waals surface area contributed by atoms with Crippen LogP contribution in [0.5, 0.6) is 0 Å². The van der Waals surface area contributed by atoms with Crippen LogP contribution in [0, 0.1) is 5.92 Å². The molecule has 1 aromatic carbocycles. The molecule has 4 atom stereocenters. The lowest BCUT2D eigenvalue weighted by Crippen LogP contribution is -2.63. The first kappa shape index (κ1) is 23.8. The lowest BCUT2D eigenvalue weighted by Gasteiger charge is -2.30. The molecule has 5 N–H and O–H groups in total. The van der Waals surface area contributed by atoms with E-state index in [0.29, 0.717) is 6.42 Å². The monoisotopic (exact) mass is 432 g/mol. The van der Waals surface area contributed by atoms with Crippen LogP contribution in [0.4, 0.5) is 0 Å². The van der Waals surface area contributed by atoms with Gasteiger partial charge < -0.3 is 26.4 Å². The summed E-state index contributed by atoms with van der Waals surface area (Å²) in [6.07, 6.45) is -0.151. The summed E-state index contributed by atoms with van der Waals surface area (Å²) in [5, 5.41) is 7.62. The molecule has 2 rings (SSSR count). The van der Waals surface area contributed by atoms with Crippen LogP contribution in [0.2, 0.25) is 0 Å². The number of piperazine rings is 1. The summed E-state index contributed by atoms with van der Waals surface area (Å²) < 4.78 is 4.84. The van der Waals surface area contributed by atoms with Gasteiger partial charge in [0.1, 0.15) is 18.1 Å². The van der Waals surface area contributed by atoms with Gasteiger partial charge in [0.05, 0.1) is 19.4 Å². The lowest BCUT2D eigenvalue weighted by atomic mass is 9.97. The van der Waals surface area contributed by atoms with Crippen LogP contribution in [0.15, 0.2) is 30.3 Å². The van der Waals surface area contributed by atoms with Gasteiger partial charge in [0, 0.05) is 6.42 Å². The number of benzene rings is 1. The predicted octanol–water partition coefficient (Wildman–Crippen LogP) is -0.838. The van der Waals surface area contributed by atoms with Gasteiger partial charge in [-0.2, -0.15) is 0 Å². The smallest absolute Gasteiger partial charge is 0.306 e. The van der Waals surface area contributed by atoms with Gasteiger partial charge in [0.2, 0.25) is 23.6 Å². The summed E-state index contributed by atoms with van der Waals surface area (Å²) in [7, 11) is 0. The average Bonchev–Trinajstić information content (AvgIpc) is 2.70. The third kappa shape index (κ3) is 7.09. The second kappa shape index (κ2) is 11.1. The number of primary amides is 1. The van der Waals surface area contributed by atoms with Crippen LogP contribution >= 0.6 is 0 Å². The molecule has 168 valence electrons. The standard InChI is InChI=1S/C21H28N4O6/c1-3-31-17(27)9-12(2)18(19(22)28)25-16(26)11-15-21(30)23-14(20(29)24-15)10-13-7-5-4-6-8-13/h4-8,12,14-15,18H,3,9-11H2,1-2H3,(H2,22,28)(H,23,30)(H,24,29)(H,25,26)/t12-,14-,15-,18+/m0/s1. The van der Waals surface area contributed by atoms with Crippen LogP contribution in [-0.4, -0.2) is 54.3 Å². The highest BCUT2D eigenvalue weighted by Crippen LogP contribution is 2.12. The third-order valence-electron chi connectivity index (χ3n) is 4.92. The van der Waals surface area contributed by atoms with Crippen molar-refractivity contribution in [2.75, 3.05) is 6.61 Å². The molecule has 0 radical (unpaired) electrons. The molecule has 0 unspecified atom stereocenters. The molecule has 1 aliphatic rings. The Hall–Kier alpha value is -3.43. The van der Waals surface area contributed by atoms with Crippen molar-refractivity contribution in [3.8, 4) is 0 Å². The number of carbonyl (C=O) groups is 5. The maximum absolute atomic E-state index is 12.4. The Morgan fingerprint density at radius 3 is 2.32 bits per heavy atom. The molecule has 1 aromatic rings. The van der Waals surface area contributed by atoms with Crippen molar-refractivity contribution in [2.45, 2.75) is 51.2 Å².